The van der Waals surface area contributed by atoms with E-state index in [9.17, 15) is 5.26 Å². The number of nitrogens with zero attached hydrogens (tertiary/aromatic N) is 2. The maximum atomic E-state index is 9.22. The molecule has 0 N–H and O–H groups in total. The Balaban J connectivity index is 1.92. The molecule has 0 atom stereocenters. The molecule has 3 aromatic rings. The van der Waals surface area contributed by atoms with Crippen LogP contribution in [0.15, 0.2) is 60.8 Å². The SMILES string of the molecule is N#Cc1cc2cccnc2cc1OCc1ccccc1. The summed E-state index contributed by atoms with van der Waals surface area (Å²) in [7, 11) is 0. The van der Waals surface area contributed by atoms with E-state index in [2.05, 4.69) is 11.1 Å². The Kier molecular flexibility index (Phi) is 3.30. The van der Waals surface area contributed by atoms with Crippen LogP contribution in [-0.2, 0) is 6.61 Å². The predicted octanol–water partition coefficient (Wildman–Crippen LogP) is 3.69. The van der Waals surface area contributed by atoms with E-state index in [0.29, 0.717) is 17.9 Å². The second-order valence-electron chi connectivity index (χ2n) is 4.43. The van der Waals surface area contributed by atoms with Crippen LogP contribution in [0.5, 0.6) is 5.75 Å². The lowest BCUT2D eigenvalue weighted by Crippen LogP contribution is -1.97. The van der Waals surface area contributed by atoms with Crippen molar-refractivity contribution in [2.45, 2.75) is 6.61 Å². The van der Waals surface area contributed by atoms with Crippen LogP contribution >= 0.6 is 0 Å². The molecule has 1 heterocycles. The maximum Gasteiger partial charge on any atom is 0.139 e. The number of nitriles is 1. The summed E-state index contributed by atoms with van der Waals surface area (Å²) in [5, 5.41) is 10.2. The summed E-state index contributed by atoms with van der Waals surface area (Å²) in [5.74, 6) is 0.572. The molecule has 0 bridgehead atoms. The predicted molar refractivity (Wildman–Crippen MR) is 77.2 cm³/mol. The van der Waals surface area contributed by atoms with E-state index in [1.165, 1.54) is 0 Å². The summed E-state index contributed by atoms with van der Waals surface area (Å²) < 4.78 is 5.76. The highest BCUT2D eigenvalue weighted by molar-refractivity contribution is 5.82. The molecule has 96 valence electrons. The second-order valence-corrected chi connectivity index (χ2v) is 4.43. The van der Waals surface area contributed by atoms with E-state index in [4.69, 9.17) is 4.74 Å². The van der Waals surface area contributed by atoms with Crippen LogP contribution in [0.25, 0.3) is 10.9 Å². The number of benzene rings is 2. The van der Waals surface area contributed by atoms with Gasteiger partial charge in [0.15, 0.2) is 0 Å². The number of ether oxygens (including phenoxy) is 1. The topological polar surface area (TPSA) is 45.9 Å². The quantitative estimate of drug-likeness (QED) is 0.721. The first-order chi connectivity index (χ1) is 9.86. The molecule has 0 aliphatic heterocycles. The molecule has 3 heteroatoms. The molecule has 0 radical (unpaired) electrons. The summed E-state index contributed by atoms with van der Waals surface area (Å²) in [6.07, 6.45) is 1.73. The van der Waals surface area contributed by atoms with Gasteiger partial charge in [0, 0.05) is 17.6 Å². The van der Waals surface area contributed by atoms with Gasteiger partial charge in [0.1, 0.15) is 18.4 Å². The molecule has 0 amide bonds. The number of hydrogen-bond acceptors (Lipinski definition) is 3. The summed E-state index contributed by atoms with van der Waals surface area (Å²) in [5.41, 5.74) is 2.42. The monoisotopic (exact) mass is 260 g/mol. The summed E-state index contributed by atoms with van der Waals surface area (Å²) >= 11 is 0. The van der Waals surface area contributed by atoms with Crippen molar-refractivity contribution in [1.29, 1.82) is 5.26 Å². The zero-order valence-corrected chi connectivity index (χ0v) is 10.8. The van der Waals surface area contributed by atoms with Crippen LogP contribution in [0.2, 0.25) is 0 Å². The van der Waals surface area contributed by atoms with Gasteiger partial charge in [-0.1, -0.05) is 36.4 Å². The Morgan fingerprint density at radius 1 is 1.05 bits per heavy atom. The summed E-state index contributed by atoms with van der Waals surface area (Å²) in [4.78, 5) is 4.28. The van der Waals surface area contributed by atoms with Gasteiger partial charge in [-0.25, -0.2) is 0 Å². The van der Waals surface area contributed by atoms with Crippen molar-refractivity contribution < 1.29 is 4.74 Å². The Morgan fingerprint density at radius 3 is 2.70 bits per heavy atom. The molecule has 2 aromatic carbocycles. The average molecular weight is 260 g/mol. The Hall–Kier alpha value is -2.86. The Morgan fingerprint density at radius 2 is 1.90 bits per heavy atom. The van der Waals surface area contributed by atoms with Crippen LogP contribution < -0.4 is 4.74 Å². The van der Waals surface area contributed by atoms with E-state index in [-0.39, 0.29) is 0 Å². The van der Waals surface area contributed by atoms with Crippen molar-refractivity contribution in [2.75, 3.05) is 0 Å². The summed E-state index contributed by atoms with van der Waals surface area (Å²) in [6, 6.07) is 19.5. The first kappa shape index (κ1) is 12.2. The molecule has 3 rings (SSSR count). The van der Waals surface area contributed by atoms with E-state index < -0.39 is 0 Å². The Bertz CT molecular complexity index is 776. The number of aromatic nitrogens is 1. The normalized spacial score (nSPS) is 10.2. The van der Waals surface area contributed by atoms with Crippen LogP contribution in [0.3, 0.4) is 0 Å². The molecule has 0 aliphatic carbocycles. The molecule has 20 heavy (non-hydrogen) atoms. The molecular formula is C17H12N2O. The highest BCUT2D eigenvalue weighted by Crippen LogP contribution is 2.25. The zero-order chi connectivity index (χ0) is 13.8. The molecule has 0 aliphatic rings. The highest BCUT2D eigenvalue weighted by atomic mass is 16.5. The van der Waals surface area contributed by atoms with E-state index in [1.54, 1.807) is 6.20 Å². The molecule has 0 saturated carbocycles. The van der Waals surface area contributed by atoms with Gasteiger partial charge in [-0.3, -0.25) is 4.98 Å². The van der Waals surface area contributed by atoms with Gasteiger partial charge in [0.2, 0.25) is 0 Å². The lowest BCUT2D eigenvalue weighted by Gasteiger charge is -2.09. The third kappa shape index (κ3) is 2.45. The van der Waals surface area contributed by atoms with Crippen molar-refractivity contribution in [1.82, 2.24) is 4.98 Å². The van der Waals surface area contributed by atoms with E-state index in [1.807, 2.05) is 54.6 Å². The molecule has 0 fully saturated rings. The lowest BCUT2D eigenvalue weighted by molar-refractivity contribution is 0.305. The van der Waals surface area contributed by atoms with Gasteiger partial charge in [-0.05, 0) is 17.7 Å². The van der Waals surface area contributed by atoms with Crippen molar-refractivity contribution in [3.8, 4) is 11.8 Å². The minimum absolute atomic E-state index is 0.438. The summed E-state index contributed by atoms with van der Waals surface area (Å²) in [6.45, 7) is 0.438. The Labute approximate surface area is 117 Å². The van der Waals surface area contributed by atoms with Crippen LogP contribution in [0, 0.1) is 11.3 Å². The maximum absolute atomic E-state index is 9.22. The number of pyridine rings is 1. The smallest absolute Gasteiger partial charge is 0.139 e. The molecule has 3 nitrogen and oxygen atoms in total. The third-order valence-electron chi connectivity index (χ3n) is 3.06. The van der Waals surface area contributed by atoms with Gasteiger partial charge >= 0.3 is 0 Å². The minimum Gasteiger partial charge on any atom is -0.487 e. The number of hydrogen-bond donors (Lipinski definition) is 0. The van der Waals surface area contributed by atoms with Gasteiger partial charge < -0.3 is 4.74 Å². The minimum atomic E-state index is 0.438. The molecule has 0 saturated heterocycles. The molecule has 0 unspecified atom stereocenters. The third-order valence-corrected chi connectivity index (χ3v) is 3.06. The van der Waals surface area contributed by atoms with Crippen molar-refractivity contribution in [3.05, 3.63) is 71.9 Å². The number of rotatable bonds is 3. The zero-order valence-electron chi connectivity index (χ0n) is 10.8. The van der Waals surface area contributed by atoms with Crippen molar-refractivity contribution >= 4 is 10.9 Å². The van der Waals surface area contributed by atoms with Gasteiger partial charge in [0.05, 0.1) is 11.1 Å². The van der Waals surface area contributed by atoms with E-state index >= 15 is 0 Å². The average Bonchev–Trinajstić information content (AvgIpc) is 2.53. The molecule has 1 aromatic heterocycles. The van der Waals surface area contributed by atoms with Crippen LogP contribution in [0.4, 0.5) is 0 Å². The first-order valence-corrected chi connectivity index (χ1v) is 6.32. The fourth-order valence-electron chi connectivity index (χ4n) is 2.04. The van der Waals surface area contributed by atoms with E-state index in [0.717, 1.165) is 16.5 Å². The van der Waals surface area contributed by atoms with Crippen molar-refractivity contribution in [3.63, 3.8) is 0 Å². The van der Waals surface area contributed by atoms with Gasteiger partial charge in [0.25, 0.3) is 0 Å². The second kappa shape index (κ2) is 5.41. The largest absolute Gasteiger partial charge is 0.487 e. The fraction of sp³-hybridized carbons (Fsp3) is 0.0588. The standard InChI is InChI=1S/C17H12N2O/c18-11-15-9-14-7-4-8-19-16(14)10-17(15)20-12-13-5-2-1-3-6-13/h1-10H,12H2. The first-order valence-electron chi connectivity index (χ1n) is 6.32. The fourth-order valence-corrected chi connectivity index (χ4v) is 2.04. The van der Waals surface area contributed by atoms with Gasteiger partial charge in [-0.2, -0.15) is 5.26 Å². The van der Waals surface area contributed by atoms with Crippen molar-refractivity contribution in [2.24, 2.45) is 0 Å². The van der Waals surface area contributed by atoms with Crippen LogP contribution in [-0.4, -0.2) is 4.98 Å². The molecular weight excluding hydrogens is 248 g/mol. The molecule has 0 spiro atoms. The van der Waals surface area contributed by atoms with Crippen LogP contribution in [0.1, 0.15) is 11.1 Å². The lowest BCUT2D eigenvalue weighted by atomic mass is 10.1. The van der Waals surface area contributed by atoms with Gasteiger partial charge in [-0.15, -0.1) is 0 Å². The number of fused-ring (bicyclic) bond motifs is 1. The highest BCUT2D eigenvalue weighted by Gasteiger charge is 2.06.